The van der Waals surface area contributed by atoms with E-state index in [9.17, 15) is 0 Å². The number of rotatable bonds is 5. The van der Waals surface area contributed by atoms with Crippen LogP contribution in [0.2, 0.25) is 0 Å². The fraction of sp³-hybridized carbons (Fsp3) is 0.316. The summed E-state index contributed by atoms with van der Waals surface area (Å²) in [5.74, 6) is 1.09. The molecule has 0 aliphatic rings. The van der Waals surface area contributed by atoms with Gasteiger partial charge in [-0.3, -0.25) is 0 Å². The summed E-state index contributed by atoms with van der Waals surface area (Å²) >= 11 is 0. The van der Waals surface area contributed by atoms with Gasteiger partial charge in [0.15, 0.2) is 0 Å². The molecule has 3 rings (SSSR count). The van der Waals surface area contributed by atoms with Crippen LogP contribution in [0.3, 0.4) is 0 Å². The van der Waals surface area contributed by atoms with Gasteiger partial charge in [-0.05, 0) is 31.5 Å². The molecule has 0 bridgehead atoms. The Labute approximate surface area is 126 Å². The molecule has 0 radical (unpaired) electrons. The molecule has 0 unspecified atom stereocenters. The molecule has 0 atom stereocenters. The monoisotopic (exact) mass is 278 g/mol. The van der Waals surface area contributed by atoms with E-state index in [0.717, 1.165) is 17.9 Å². The summed E-state index contributed by atoms with van der Waals surface area (Å²) in [4.78, 5) is 4.87. The van der Waals surface area contributed by atoms with Gasteiger partial charge in [-0.15, -0.1) is 0 Å². The number of aryl methyl sites for hydroxylation is 2. The van der Waals surface area contributed by atoms with Crippen molar-refractivity contribution >= 4 is 11.0 Å². The minimum atomic E-state index is 1.04. The molecular formula is C19H22N2. The molecule has 1 heterocycles. The van der Waals surface area contributed by atoms with Crippen LogP contribution in [-0.4, -0.2) is 9.55 Å². The lowest BCUT2D eigenvalue weighted by molar-refractivity contribution is 0.617. The molecule has 0 amide bonds. The molecule has 0 saturated heterocycles. The van der Waals surface area contributed by atoms with Crippen LogP contribution < -0.4 is 0 Å². The Morgan fingerprint density at radius 2 is 1.86 bits per heavy atom. The summed E-state index contributed by atoms with van der Waals surface area (Å²) in [5, 5.41) is 0. The van der Waals surface area contributed by atoms with Gasteiger partial charge in [0.1, 0.15) is 5.82 Å². The highest BCUT2D eigenvalue weighted by Crippen LogP contribution is 2.26. The Morgan fingerprint density at radius 3 is 2.67 bits per heavy atom. The number of imidazole rings is 1. The molecule has 3 aromatic rings. The second-order valence-corrected chi connectivity index (χ2v) is 5.65. The van der Waals surface area contributed by atoms with E-state index in [-0.39, 0.29) is 0 Å². The Bertz CT molecular complexity index is 740. The molecule has 108 valence electrons. The van der Waals surface area contributed by atoms with Gasteiger partial charge in [0.05, 0.1) is 11.0 Å². The molecule has 0 fully saturated rings. The van der Waals surface area contributed by atoms with E-state index in [1.165, 1.54) is 35.9 Å². The van der Waals surface area contributed by atoms with Crippen LogP contribution in [0.25, 0.3) is 22.4 Å². The van der Waals surface area contributed by atoms with Crippen LogP contribution in [0.1, 0.15) is 31.7 Å². The van der Waals surface area contributed by atoms with Crippen LogP contribution in [0, 0.1) is 6.92 Å². The van der Waals surface area contributed by atoms with Crippen molar-refractivity contribution in [1.82, 2.24) is 9.55 Å². The van der Waals surface area contributed by atoms with Crippen LogP contribution in [0.15, 0.2) is 48.5 Å². The molecule has 2 heteroatoms. The first kappa shape index (κ1) is 13.9. The number of nitrogens with zero attached hydrogens (tertiary/aromatic N) is 2. The second kappa shape index (κ2) is 6.13. The van der Waals surface area contributed by atoms with Gasteiger partial charge >= 0.3 is 0 Å². The number of hydrogen-bond acceptors (Lipinski definition) is 1. The fourth-order valence-electron chi connectivity index (χ4n) is 2.83. The molecular weight excluding hydrogens is 256 g/mol. The smallest absolute Gasteiger partial charge is 0.141 e. The summed E-state index contributed by atoms with van der Waals surface area (Å²) in [5.41, 5.74) is 4.82. The van der Waals surface area contributed by atoms with Gasteiger partial charge in [0.2, 0.25) is 0 Å². The van der Waals surface area contributed by atoms with Crippen molar-refractivity contribution in [2.24, 2.45) is 0 Å². The van der Waals surface area contributed by atoms with Crippen molar-refractivity contribution in [2.75, 3.05) is 0 Å². The zero-order valence-corrected chi connectivity index (χ0v) is 12.8. The minimum Gasteiger partial charge on any atom is -0.324 e. The maximum atomic E-state index is 4.87. The standard InChI is InChI=1S/C19H22N2/c1-3-4-7-13-21-18-12-6-5-11-17(18)20-19(21)16-10-8-9-15(2)14-16/h5-6,8-12,14H,3-4,7,13H2,1-2H3. The predicted molar refractivity (Wildman–Crippen MR) is 89.4 cm³/mol. The van der Waals surface area contributed by atoms with E-state index in [2.05, 4.69) is 66.9 Å². The van der Waals surface area contributed by atoms with Gasteiger partial charge in [-0.2, -0.15) is 0 Å². The van der Waals surface area contributed by atoms with Crippen molar-refractivity contribution in [3.63, 3.8) is 0 Å². The molecule has 1 aromatic heterocycles. The number of benzene rings is 2. The quantitative estimate of drug-likeness (QED) is 0.586. The average molecular weight is 278 g/mol. The van der Waals surface area contributed by atoms with Crippen molar-refractivity contribution in [3.8, 4) is 11.4 Å². The molecule has 2 nitrogen and oxygen atoms in total. The van der Waals surface area contributed by atoms with E-state index in [1.807, 2.05) is 0 Å². The van der Waals surface area contributed by atoms with E-state index in [0.29, 0.717) is 0 Å². The fourth-order valence-corrected chi connectivity index (χ4v) is 2.83. The van der Waals surface area contributed by atoms with E-state index in [1.54, 1.807) is 0 Å². The topological polar surface area (TPSA) is 17.8 Å². The minimum absolute atomic E-state index is 1.04. The lowest BCUT2D eigenvalue weighted by atomic mass is 10.1. The number of para-hydroxylation sites is 2. The molecule has 0 N–H and O–H groups in total. The first-order valence-electron chi connectivity index (χ1n) is 7.82. The molecule has 21 heavy (non-hydrogen) atoms. The Balaban J connectivity index is 2.09. The lowest BCUT2D eigenvalue weighted by Gasteiger charge is -2.09. The van der Waals surface area contributed by atoms with Gasteiger partial charge < -0.3 is 4.57 Å². The highest BCUT2D eigenvalue weighted by molar-refractivity contribution is 5.80. The van der Waals surface area contributed by atoms with E-state index < -0.39 is 0 Å². The maximum absolute atomic E-state index is 4.87. The Kier molecular flexibility index (Phi) is 4.05. The van der Waals surface area contributed by atoms with Crippen molar-refractivity contribution in [2.45, 2.75) is 39.7 Å². The zero-order valence-electron chi connectivity index (χ0n) is 12.8. The first-order valence-corrected chi connectivity index (χ1v) is 7.82. The van der Waals surface area contributed by atoms with Crippen molar-refractivity contribution in [1.29, 1.82) is 0 Å². The van der Waals surface area contributed by atoms with Crippen molar-refractivity contribution < 1.29 is 0 Å². The number of unbranched alkanes of at least 4 members (excludes halogenated alkanes) is 2. The lowest BCUT2D eigenvalue weighted by Crippen LogP contribution is -2.01. The van der Waals surface area contributed by atoms with Gasteiger partial charge in [0.25, 0.3) is 0 Å². The van der Waals surface area contributed by atoms with Crippen LogP contribution in [0.5, 0.6) is 0 Å². The second-order valence-electron chi connectivity index (χ2n) is 5.65. The van der Waals surface area contributed by atoms with Crippen LogP contribution in [-0.2, 0) is 6.54 Å². The van der Waals surface area contributed by atoms with Gasteiger partial charge in [-0.1, -0.05) is 55.7 Å². The van der Waals surface area contributed by atoms with Gasteiger partial charge in [0, 0.05) is 12.1 Å². The predicted octanol–water partition coefficient (Wildman–Crippen LogP) is 5.20. The summed E-state index contributed by atoms with van der Waals surface area (Å²) < 4.78 is 2.37. The third-order valence-electron chi connectivity index (χ3n) is 3.92. The Morgan fingerprint density at radius 1 is 1.00 bits per heavy atom. The van der Waals surface area contributed by atoms with E-state index in [4.69, 9.17) is 4.98 Å². The first-order chi connectivity index (χ1) is 10.3. The summed E-state index contributed by atoms with van der Waals surface area (Å²) in [6.45, 7) is 5.42. The third kappa shape index (κ3) is 2.85. The summed E-state index contributed by atoms with van der Waals surface area (Å²) in [7, 11) is 0. The summed E-state index contributed by atoms with van der Waals surface area (Å²) in [6.07, 6.45) is 3.71. The highest BCUT2D eigenvalue weighted by atomic mass is 15.1. The molecule has 0 saturated carbocycles. The Hall–Kier alpha value is -2.09. The number of hydrogen-bond donors (Lipinski definition) is 0. The number of aromatic nitrogens is 2. The average Bonchev–Trinajstić information content (AvgIpc) is 2.87. The maximum Gasteiger partial charge on any atom is 0.141 e. The third-order valence-corrected chi connectivity index (χ3v) is 3.92. The summed E-state index contributed by atoms with van der Waals surface area (Å²) in [6, 6.07) is 17.1. The van der Waals surface area contributed by atoms with Crippen molar-refractivity contribution in [3.05, 3.63) is 54.1 Å². The normalized spacial score (nSPS) is 11.1. The van der Waals surface area contributed by atoms with Crippen LogP contribution in [0.4, 0.5) is 0 Å². The SMILES string of the molecule is CCCCCn1c(-c2cccc(C)c2)nc2ccccc21. The van der Waals surface area contributed by atoms with Gasteiger partial charge in [-0.25, -0.2) is 4.98 Å². The van der Waals surface area contributed by atoms with Crippen LogP contribution >= 0.6 is 0 Å². The molecule has 0 aliphatic heterocycles. The zero-order chi connectivity index (χ0) is 14.7. The largest absolute Gasteiger partial charge is 0.324 e. The molecule has 2 aromatic carbocycles. The molecule has 0 spiro atoms. The van der Waals surface area contributed by atoms with E-state index >= 15 is 0 Å². The highest BCUT2D eigenvalue weighted by Gasteiger charge is 2.11. The molecule has 0 aliphatic carbocycles. The number of fused-ring (bicyclic) bond motifs is 1.